The van der Waals surface area contributed by atoms with Crippen molar-refractivity contribution < 1.29 is 9.47 Å². The Hall–Kier alpha value is -2.78. The molecule has 0 saturated carbocycles. The van der Waals surface area contributed by atoms with E-state index in [1.54, 1.807) is 0 Å². The molecule has 0 bridgehead atoms. The van der Waals surface area contributed by atoms with Crippen LogP contribution in [0.5, 0.6) is 17.2 Å². The van der Waals surface area contributed by atoms with Crippen molar-refractivity contribution in [1.29, 1.82) is 0 Å². The zero-order chi connectivity index (χ0) is 16.9. The van der Waals surface area contributed by atoms with Gasteiger partial charge in [0.1, 0.15) is 23.9 Å². The average Bonchev–Trinajstić information content (AvgIpc) is 3.07. The van der Waals surface area contributed by atoms with Gasteiger partial charge in [-0.25, -0.2) is 0 Å². The molecule has 1 aliphatic heterocycles. The van der Waals surface area contributed by atoms with Gasteiger partial charge in [-0.2, -0.15) is 0 Å². The number of fused-ring (bicyclic) bond motifs is 1. The highest BCUT2D eigenvalue weighted by atomic mass is 16.5. The predicted molar refractivity (Wildman–Crippen MR) is 99.0 cm³/mol. The van der Waals surface area contributed by atoms with Crippen molar-refractivity contribution in [3.63, 3.8) is 0 Å². The quantitative estimate of drug-likeness (QED) is 0.643. The Kier molecular flexibility index (Phi) is 4.66. The fourth-order valence-corrected chi connectivity index (χ4v) is 3.08. The first-order valence-corrected chi connectivity index (χ1v) is 8.62. The summed E-state index contributed by atoms with van der Waals surface area (Å²) in [5.41, 5.74) is 2.87. The van der Waals surface area contributed by atoms with Crippen LogP contribution in [-0.4, -0.2) is 18.1 Å². The third-order valence-electron chi connectivity index (χ3n) is 4.39. The van der Waals surface area contributed by atoms with Crippen LogP contribution in [0, 0.1) is 0 Å². The van der Waals surface area contributed by atoms with E-state index in [0.29, 0.717) is 6.61 Å². The molecule has 0 saturated heterocycles. The van der Waals surface area contributed by atoms with Gasteiger partial charge in [-0.05, 0) is 47.5 Å². The summed E-state index contributed by atoms with van der Waals surface area (Å²) in [7, 11) is 0. The Morgan fingerprint density at radius 3 is 1.88 bits per heavy atom. The molecule has 0 unspecified atom stereocenters. The Morgan fingerprint density at radius 1 is 0.640 bits per heavy atom. The second-order valence-electron chi connectivity index (χ2n) is 6.21. The van der Waals surface area contributed by atoms with Crippen molar-refractivity contribution in [2.24, 2.45) is 0 Å². The maximum absolute atomic E-state index is 5.87. The third-order valence-corrected chi connectivity index (χ3v) is 4.39. The van der Waals surface area contributed by atoms with E-state index in [-0.39, 0.29) is 0 Å². The number of nitrogens with zero attached hydrogens (tertiary/aromatic N) is 1. The lowest BCUT2D eigenvalue weighted by molar-refractivity contribution is 0.211. The van der Waals surface area contributed by atoms with Crippen LogP contribution >= 0.6 is 0 Å². The molecular weight excluding hydrogens is 310 g/mol. The van der Waals surface area contributed by atoms with E-state index in [4.69, 9.17) is 9.47 Å². The first kappa shape index (κ1) is 15.7. The minimum absolute atomic E-state index is 0.687. The van der Waals surface area contributed by atoms with Gasteiger partial charge in [-0.1, -0.05) is 42.5 Å². The van der Waals surface area contributed by atoms with E-state index in [1.807, 2.05) is 54.6 Å². The van der Waals surface area contributed by atoms with Crippen molar-refractivity contribution in [3.8, 4) is 17.2 Å². The molecule has 0 fully saturated rings. The molecule has 4 rings (SSSR count). The Morgan fingerprint density at radius 2 is 1.20 bits per heavy atom. The summed E-state index contributed by atoms with van der Waals surface area (Å²) in [6.07, 6.45) is 0. The molecule has 1 aliphatic rings. The number of ether oxygens (including phenoxy) is 2. The van der Waals surface area contributed by atoms with E-state index in [2.05, 4.69) is 29.2 Å². The first-order chi connectivity index (χ1) is 12.4. The van der Waals surface area contributed by atoms with E-state index in [9.17, 15) is 0 Å². The summed E-state index contributed by atoms with van der Waals surface area (Å²) in [5, 5.41) is 0. The molecule has 25 heavy (non-hydrogen) atoms. The Bertz CT molecular complexity index is 790. The summed E-state index contributed by atoms with van der Waals surface area (Å²) in [4.78, 5) is 2.41. The maximum Gasteiger partial charge on any atom is 0.127 e. The molecule has 0 atom stereocenters. The second kappa shape index (κ2) is 7.41. The number of benzene rings is 3. The average molecular weight is 331 g/mol. The molecule has 3 aromatic carbocycles. The van der Waals surface area contributed by atoms with Gasteiger partial charge in [0, 0.05) is 19.6 Å². The second-order valence-corrected chi connectivity index (χ2v) is 6.21. The zero-order valence-corrected chi connectivity index (χ0v) is 14.1. The van der Waals surface area contributed by atoms with Crippen LogP contribution in [0.1, 0.15) is 11.1 Å². The van der Waals surface area contributed by atoms with Gasteiger partial charge in [0.2, 0.25) is 0 Å². The van der Waals surface area contributed by atoms with Crippen LogP contribution in [0.4, 0.5) is 0 Å². The first-order valence-electron chi connectivity index (χ1n) is 8.62. The molecular formula is C22H21NO2. The summed E-state index contributed by atoms with van der Waals surface area (Å²) >= 11 is 0. The smallest absolute Gasteiger partial charge is 0.127 e. The maximum atomic E-state index is 5.87. The highest BCUT2D eigenvalue weighted by molar-refractivity contribution is 5.35. The van der Waals surface area contributed by atoms with Crippen molar-refractivity contribution in [1.82, 2.24) is 4.90 Å². The Labute approximate surface area is 148 Å². The lowest BCUT2D eigenvalue weighted by Crippen LogP contribution is -2.22. The standard InChI is InChI=1S/C22H21NO2/c1-2-8-21(9-3-1)25-22-12-10-20(11-13-22)24-15-14-23-16-18-6-4-5-7-19(18)17-23/h1-13H,14-17H2. The summed E-state index contributed by atoms with van der Waals surface area (Å²) < 4.78 is 11.7. The number of hydrogen-bond donors (Lipinski definition) is 0. The van der Waals surface area contributed by atoms with Crippen LogP contribution in [0.15, 0.2) is 78.9 Å². The van der Waals surface area contributed by atoms with Crippen LogP contribution in [0.3, 0.4) is 0 Å². The fourth-order valence-electron chi connectivity index (χ4n) is 3.08. The number of rotatable bonds is 6. The molecule has 3 aromatic rings. The van der Waals surface area contributed by atoms with Gasteiger partial charge in [0.05, 0.1) is 0 Å². The molecule has 3 heteroatoms. The zero-order valence-electron chi connectivity index (χ0n) is 14.1. The molecule has 126 valence electrons. The van der Waals surface area contributed by atoms with Gasteiger partial charge in [0.15, 0.2) is 0 Å². The summed E-state index contributed by atoms with van der Waals surface area (Å²) in [6, 6.07) is 26.2. The summed E-state index contributed by atoms with van der Waals surface area (Å²) in [6.45, 7) is 3.65. The molecule has 0 radical (unpaired) electrons. The van der Waals surface area contributed by atoms with Crippen molar-refractivity contribution in [3.05, 3.63) is 90.0 Å². The highest BCUT2D eigenvalue weighted by Gasteiger charge is 2.17. The molecule has 0 aliphatic carbocycles. The van der Waals surface area contributed by atoms with Gasteiger partial charge < -0.3 is 9.47 Å². The highest BCUT2D eigenvalue weighted by Crippen LogP contribution is 2.24. The van der Waals surface area contributed by atoms with Crippen LogP contribution in [0.2, 0.25) is 0 Å². The van der Waals surface area contributed by atoms with Crippen molar-refractivity contribution in [2.75, 3.05) is 13.2 Å². The molecule has 0 amide bonds. The van der Waals surface area contributed by atoms with Crippen LogP contribution in [-0.2, 0) is 13.1 Å². The fraction of sp³-hybridized carbons (Fsp3) is 0.182. The monoisotopic (exact) mass is 331 g/mol. The van der Waals surface area contributed by atoms with Gasteiger partial charge >= 0.3 is 0 Å². The lowest BCUT2D eigenvalue weighted by Gasteiger charge is -2.15. The van der Waals surface area contributed by atoms with E-state index >= 15 is 0 Å². The Balaban J connectivity index is 1.25. The number of hydrogen-bond acceptors (Lipinski definition) is 3. The third kappa shape index (κ3) is 4.01. The van der Waals surface area contributed by atoms with Gasteiger partial charge in [-0.3, -0.25) is 4.90 Å². The minimum Gasteiger partial charge on any atom is -0.492 e. The largest absolute Gasteiger partial charge is 0.492 e. The van der Waals surface area contributed by atoms with Crippen LogP contribution < -0.4 is 9.47 Å². The molecule has 1 heterocycles. The van der Waals surface area contributed by atoms with Gasteiger partial charge in [0.25, 0.3) is 0 Å². The normalized spacial score (nSPS) is 13.4. The molecule has 0 aromatic heterocycles. The molecule has 3 nitrogen and oxygen atoms in total. The van der Waals surface area contributed by atoms with E-state index in [0.717, 1.165) is 36.9 Å². The minimum atomic E-state index is 0.687. The van der Waals surface area contributed by atoms with Crippen LogP contribution in [0.25, 0.3) is 0 Å². The molecule has 0 spiro atoms. The topological polar surface area (TPSA) is 21.7 Å². The van der Waals surface area contributed by atoms with Gasteiger partial charge in [-0.15, -0.1) is 0 Å². The summed E-state index contributed by atoms with van der Waals surface area (Å²) in [5.74, 6) is 2.52. The number of para-hydroxylation sites is 1. The van der Waals surface area contributed by atoms with E-state index in [1.165, 1.54) is 11.1 Å². The van der Waals surface area contributed by atoms with Crippen molar-refractivity contribution in [2.45, 2.75) is 13.1 Å². The van der Waals surface area contributed by atoms with E-state index < -0.39 is 0 Å². The predicted octanol–water partition coefficient (Wildman–Crippen LogP) is 4.87. The SMILES string of the molecule is c1ccc(Oc2ccc(OCCN3Cc4ccccc4C3)cc2)cc1. The molecule has 0 N–H and O–H groups in total. The lowest BCUT2D eigenvalue weighted by atomic mass is 10.1. The van der Waals surface area contributed by atoms with Crippen molar-refractivity contribution >= 4 is 0 Å².